The Morgan fingerprint density at radius 2 is 2.00 bits per heavy atom. The molecule has 9 nitrogen and oxygen atoms in total. The Hall–Kier alpha value is -3.95. The molecule has 3 aliphatic rings. The number of carboxylic acid groups (broad SMARTS) is 1. The lowest BCUT2D eigenvalue weighted by atomic mass is 9.93. The van der Waals surface area contributed by atoms with Gasteiger partial charge in [0.1, 0.15) is 17.9 Å². The van der Waals surface area contributed by atoms with Crippen LogP contribution in [0, 0.1) is 6.92 Å². The molecule has 1 saturated heterocycles. The van der Waals surface area contributed by atoms with Crippen LogP contribution >= 0.6 is 0 Å². The first-order valence-corrected chi connectivity index (χ1v) is 15.2. The predicted octanol–water partition coefficient (Wildman–Crippen LogP) is 5.53. The third kappa shape index (κ3) is 6.10. The van der Waals surface area contributed by atoms with Gasteiger partial charge >= 0.3 is 5.97 Å². The number of methoxy groups -OCH3 is 1. The van der Waals surface area contributed by atoms with E-state index in [1.54, 1.807) is 6.07 Å². The first kappa shape index (κ1) is 29.1. The molecule has 0 saturated carbocycles. The first-order chi connectivity index (χ1) is 20.9. The Labute approximate surface area is 252 Å². The van der Waals surface area contributed by atoms with Crippen molar-refractivity contribution in [1.82, 2.24) is 19.7 Å². The highest BCUT2D eigenvalue weighted by atomic mass is 16.5. The molecule has 1 N–H and O–H groups in total. The number of rotatable bonds is 9. The number of fused-ring (bicyclic) bond motifs is 1. The van der Waals surface area contributed by atoms with Crippen molar-refractivity contribution in [1.29, 1.82) is 0 Å². The highest BCUT2D eigenvalue weighted by molar-refractivity contribution is 5.90. The molecule has 226 valence electrons. The summed E-state index contributed by atoms with van der Waals surface area (Å²) in [5, 5.41) is 13.7. The van der Waals surface area contributed by atoms with E-state index in [-0.39, 0.29) is 11.4 Å². The minimum atomic E-state index is -1.10. The molecular formula is C34H40N4O5. The van der Waals surface area contributed by atoms with Crippen molar-refractivity contribution in [2.45, 2.75) is 65.1 Å². The fraction of sp³-hybridized carbons (Fsp3) is 0.441. The Morgan fingerprint density at radius 3 is 2.79 bits per heavy atom. The molecule has 43 heavy (non-hydrogen) atoms. The SMILES string of the molecule is COc1c(C(=O)O)cnn1-c1cccc(C2=CCCC(C)=C2OCc2ccc3c(c2C)CCN(C[C@@H]2CCCO2)CC3)n1. The van der Waals surface area contributed by atoms with Crippen molar-refractivity contribution < 1.29 is 24.1 Å². The standard InChI is InChI=1S/C34H40N4O5/c1-22-7-4-9-28(30-10-5-11-31(36-30)38-33(41-3)29(19-35-38)34(39)40)32(22)43-21-25-13-12-24-14-16-37(17-15-27(24)23(25)2)20-26-8-6-18-42-26/h5,9-13,19,26H,4,6-8,14-18,20-21H2,1-3H3,(H,39,40)/t26-/m0/s1. The van der Waals surface area contributed by atoms with Crippen LogP contribution in [0.2, 0.25) is 0 Å². The molecule has 3 aromatic rings. The molecule has 1 aromatic carbocycles. The largest absolute Gasteiger partial charge is 0.488 e. The molecule has 4 heterocycles. The van der Waals surface area contributed by atoms with Crippen molar-refractivity contribution >= 4 is 11.5 Å². The van der Waals surface area contributed by atoms with Gasteiger partial charge in [-0.15, -0.1) is 0 Å². The van der Waals surface area contributed by atoms with Crippen molar-refractivity contribution in [3.8, 4) is 11.7 Å². The van der Waals surface area contributed by atoms with Crippen LogP contribution in [-0.4, -0.2) is 70.2 Å². The molecule has 0 bridgehead atoms. The number of aromatic nitrogens is 3. The van der Waals surface area contributed by atoms with Crippen LogP contribution in [0.15, 0.2) is 53.9 Å². The van der Waals surface area contributed by atoms with Gasteiger partial charge < -0.3 is 24.2 Å². The van der Waals surface area contributed by atoms with Crippen LogP contribution in [0.3, 0.4) is 0 Å². The summed E-state index contributed by atoms with van der Waals surface area (Å²) in [6.45, 7) is 8.92. The monoisotopic (exact) mass is 584 g/mol. The number of allylic oxidation sites excluding steroid dienone is 3. The smallest absolute Gasteiger partial charge is 0.342 e. The minimum absolute atomic E-state index is 0.0157. The molecule has 2 aromatic heterocycles. The maximum atomic E-state index is 11.6. The van der Waals surface area contributed by atoms with Crippen LogP contribution in [0.25, 0.3) is 11.4 Å². The number of carboxylic acids is 1. The third-order valence-electron chi connectivity index (χ3n) is 8.92. The van der Waals surface area contributed by atoms with Gasteiger partial charge in [0, 0.05) is 31.8 Å². The number of pyridine rings is 1. The van der Waals surface area contributed by atoms with Crippen LogP contribution < -0.4 is 4.74 Å². The maximum Gasteiger partial charge on any atom is 0.342 e. The van der Waals surface area contributed by atoms with Crippen LogP contribution in [0.5, 0.6) is 5.88 Å². The highest BCUT2D eigenvalue weighted by Crippen LogP contribution is 2.34. The van der Waals surface area contributed by atoms with E-state index in [9.17, 15) is 9.90 Å². The summed E-state index contributed by atoms with van der Waals surface area (Å²) in [5.41, 5.74) is 8.30. The second-order valence-corrected chi connectivity index (χ2v) is 11.6. The predicted molar refractivity (Wildman–Crippen MR) is 164 cm³/mol. The number of hydrogen-bond donors (Lipinski definition) is 1. The van der Waals surface area contributed by atoms with Crippen LogP contribution in [0.1, 0.15) is 70.9 Å². The van der Waals surface area contributed by atoms with Gasteiger partial charge in [0.25, 0.3) is 0 Å². The summed E-state index contributed by atoms with van der Waals surface area (Å²) in [4.78, 5) is 19.0. The number of benzene rings is 1. The zero-order chi connectivity index (χ0) is 29.9. The number of carbonyl (C=O) groups is 1. The van der Waals surface area contributed by atoms with Gasteiger partial charge in [0.2, 0.25) is 5.88 Å². The Morgan fingerprint density at radius 1 is 1.14 bits per heavy atom. The summed E-state index contributed by atoms with van der Waals surface area (Å²) in [7, 11) is 1.43. The number of hydrogen-bond acceptors (Lipinski definition) is 7. The van der Waals surface area contributed by atoms with Gasteiger partial charge in [0.05, 0.1) is 25.1 Å². The Bertz CT molecular complexity index is 1570. The lowest BCUT2D eigenvalue weighted by molar-refractivity contribution is 0.0693. The molecular weight excluding hydrogens is 544 g/mol. The van der Waals surface area contributed by atoms with Gasteiger partial charge in [-0.3, -0.25) is 0 Å². The van der Waals surface area contributed by atoms with Crippen molar-refractivity contribution in [3.05, 3.63) is 87.4 Å². The van der Waals surface area contributed by atoms with Gasteiger partial charge in [-0.05, 0) is 92.3 Å². The molecule has 1 aliphatic carbocycles. The number of aromatic carboxylic acids is 1. The minimum Gasteiger partial charge on any atom is -0.488 e. The van der Waals surface area contributed by atoms with Crippen molar-refractivity contribution in [2.75, 3.05) is 33.4 Å². The molecule has 0 spiro atoms. The van der Waals surface area contributed by atoms with E-state index in [2.05, 4.69) is 42.1 Å². The lowest BCUT2D eigenvalue weighted by Gasteiger charge is -2.23. The molecule has 1 atom stereocenters. The highest BCUT2D eigenvalue weighted by Gasteiger charge is 2.24. The third-order valence-corrected chi connectivity index (χ3v) is 8.92. The van der Waals surface area contributed by atoms with E-state index >= 15 is 0 Å². The van der Waals surface area contributed by atoms with E-state index in [4.69, 9.17) is 19.2 Å². The zero-order valence-corrected chi connectivity index (χ0v) is 25.3. The molecule has 1 fully saturated rings. The fourth-order valence-corrected chi connectivity index (χ4v) is 6.49. The summed E-state index contributed by atoms with van der Waals surface area (Å²) in [6, 6.07) is 10.1. The van der Waals surface area contributed by atoms with Crippen LogP contribution in [-0.2, 0) is 28.9 Å². The molecule has 0 unspecified atom stereocenters. The molecule has 0 radical (unpaired) electrons. The Kier molecular flexibility index (Phi) is 8.63. The summed E-state index contributed by atoms with van der Waals surface area (Å²) < 4.78 is 19.3. The topological polar surface area (TPSA) is 98.9 Å². The average Bonchev–Trinajstić information content (AvgIpc) is 3.64. The van der Waals surface area contributed by atoms with E-state index < -0.39 is 5.97 Å². The molecule has 6 rings (SSSR count). The summed E-state index contributed by atoms with van der Waals surface area (Å²) in [6.07, 6.45) is 10.1. The fourth-order valence-electron chi connectivity index (χ4n) is 6.49. The quantitative estimate of drug-likeness (QED) is 0.351. The second-order valence-electron chi connectivity index (χ2n) is 11.6. The molecule has 0 amide bonds. The van der Waals surface area contributed by atoms with E-state index in [1.807, 2.05) is 12.1 Å². The van der Waals surface area contributed by atoms with Crippen molar-refractivity contribution in [2.24, 2.45) is 0 Å². The van der Waals surface area contributed by atoms with Gasteiger partial charge in [-0.25, -0.2) is 9.78 Å². The van der Waals surface area contributed by atoms with Crippen LogP contribution in [0.4, 0.5) is 0 Å². The van der Waals surface area contributed by atoms with Gasteiger partial charge in [-0.1, -0.05) is 24.3 Å². The second kappa shape index (κ2) is 12.7. The average molecular weight is 585 g/mol. The lowest BCUT2D eigenvalue weighted by Crippen LogP contribution is -2.34. The van der Waals surface area contributed by atoms with E-state index in [0.717, 1.165) is 69.0 Å². The van der Waals surface area contributed by atoms with E-state index in [1.165, 1.54) is 58.7 Å². The number of ether oxygens (including phenoxy) is 3. The molecule has 9 heteroatoms. The van der Waals surface area contributed by atoms with Gasteiger partial charge in [-0.2, -0.15) is 9.78 Å². The summed E-state index contributed by atoms with van der Waals surface area (Å²) in [5.74, 6) is 0.353. The summed E-state index contributed by atoms with van der Waals surface area (Å²) >= 11 is 0. The first-order valence-electron chi connectivity index (χ1n) is 15.2. The Balaban J connectivity index is 1.19. The zero-order valence-electron chi connectivity index (χ0n) is 25.3. The van der Waals surface area contributed by atoms with Crippen molar-refractivity contribution in [3.63, 3.8) is 0 Å². The molecule has 2 aliphatic heterocycles. The van der Waals surface area contributed by atoms with Gasteiger partial charge in [0.15, 0.2) is 5.82 Å². The van der Waals surface area contributed by atoms with E-state index in [0.29, 0.717) is 18.5 Å². The number of nitrogens with zero attached hydrogens (tertiary/aromatic N) is 4. The maximum absolute atomic E-state index is 11.6. The normalized spacial score (nSPS) is 19.1.